The second-order valence-electron chi connectivity index (χ2n) is 4.00. The van der Waals surface area contributed by atoms with E-state index in [-0.39, 0.29) is 18.1 Å². The summed E-state index contributed by atoms with van der Waals surface area (Å²) < 4.78 is 5.43. The van der Waals surface area contributed by atoms with E-state index in [4.69, 9.17) is 4.74 Å². The Labute approximate surface area is 79.1 Å². The summed E-state index contributed by atoms with van der Waals surface area (Å²) in [4.78, 5) is 10.2. The molecular weight excluding hydrogens is 168 g/mol. The fraction of sp³-hybridized carbons (Fsp3) is 0.900. The third-order valence-electron chi connectivity index (χ3n) is 2.69. The van der Waals surface area contributed by atoms with E-state index in [9.17, 15) is 9.90 Å². The molecule has 0 aromatic carbocycles. The van der Waals surface area contributed by atoms with Gasteiger partial charge in [-0.2, -0.15) is 0 Å². The molecule has 3 atom stereocenters. The number of hydrogen-bond donors (Lipinski definition) is 1. The van der Waals surface area contributed by atoms with Crippen LogP contribution in [0.5, 0.6) is 0 Å². The van der Waals surface area contributed by atoms with Crippen molar-refractivity contribution in [2.45, 2.75) is 38.9 Å². The smallest absolute Gasteiger partial charge is 0.120 e. The first-order valence-corrected chi connectivity index (χ1v) is 4.90. The van der Waals surface area contributed by atoms with Crippen LogP contribution in [0.25, 0.3) is 0 Å². The van der Waals surface area contributed by atoms with Crippen LogP contribution < -0.4 is 0 Å². The van der Waals surface area contributed by atoms with E-state index in [1.165, 1.54) is 0 Å². The second-order valence-corrected chi connectivity index (χ2v) is 4.00. The molecule has 1 heterocycles. The number of carbonyl (C=O) groups excluding carboxylic acids is 1. The molecule has 0 aliphatic carbocycles. The zero-order valence-corrected chi connectivity index (χ0v) is 8.27. The largest absolute Gasteiger partial charge is 0.390 e. The van der Waals surface area contributed by atoms with E-state index in [1.807, 2.05) is 0 Å². The minimum absolute atomic E-state index is 0.0696. The fourth-order valence-corrected chi connectivity index (χ4v) is 2.07. The quantitative estimate of drug-likeness (QED) is 0.666. The summed E-state index contributed by atoms with van der Waals surface area (Å²) in [6.07, 6.45) is 1.90. The average molecular weight is 186 g/mol. The highest BCUT2D eigenvalue weighted by atomic mass is 16.5. The summed E-state index contributed by atoms with van der Waals surface area (Å²) in [5.74, 6) is 0.606. The van der Waals surface area contributed by atoms with Crippen LogP contribution in [0.15, 0.2) is 0 Å². The summed E-state index contributed by atoms with van der Waals surface area (Å²) in [6, 6.07) is 0. The van der Waals surface area contributed by atoms with Crippen molar-refractivity contribution in [1.29, 1.82) is 0 Å². The minimum Gasteiger partial charge on any atom is -0.390 e. The topological polar surface area (TPSA) is 46.5 Å². The standard InChI is InChI=1S/C10H18O3/c1-7(2)10-8(12)6-13-9(10)4-3-5-11/h5,7-10,12H,3-4,6H2,1-2H3/t8-,9-,10?/m1/s1. The van der Waals surface area contributed by atoms with Gasteiger partial charge in [0.1, 0.15) is 6.29 Å². The summed E-state index contributed by atoms with van der Waals surface area (Å²) in [7, 11) is 0. The molecule has 1 aliphatic rings. The molecule has 0 amide bonds. The van der Waals surface area contributed by atoms with E-state index >= 15 is 0 Å². The highest BCUT2D eigenvalue weighted by molar-refractivity contribution is 5.49. The monoisotopic (exact) mass is 186 g/mol. The van der Waals surface area contributed by atoms with Crippen LogP contribution in [0, 0.1) is 11.8 Å². The third-order valence-corrected chi connectivity index (χ3v) is 2.69. The number of carbonyl (C=O) groups is 1. The molecule has 1 saturated heterocycles. The van der Waals surface area contributed by atoms with Crippen molar-refractivity contribution in [2.75, 3.05) is 6.61 Å². The van der Waals surface area contributed by atoms with Gasteiger partial charge in [-0.25, -0.2) is 0 Å². The maximum absolute atomic E-state index is 10.2. The highest BCUT2D eigenvalue weighted by Gasteiger charge is 2.37. The number of rotatable bonds is 4. The van der Waals surface area contributed by atoms with Gasteiger partial charge in [-0.15, -0.1) is 0 Å². The van der Waals surface area contributed by atoms with Gasteiger partial charge < -0.3 is 14.6 Å². The van der Waals surface area contributed by atoms with Crippen LogP contribution in [-0.2, 0) is 9.53 Å². The molecule has 76 valence electrons. The molecule has 0 radical (unpaired) electrons. The first-order chi connectivity index (χ1) is 6.16. The molecule has 0 bridgehead atoms. The highest BCUT2D eigenvalue weighted by Crippen LogP contribution is 2.30. The SMILES string of the molecule is CC(C)C1[C@H](O)CO[C@@H]1CCC=O. The van der Waals surface area contributed by atoms with Crippen molar-refractivity contribution in [3.05, 3.63) is 0 Å². The van der Waals surface area contributed by atoms with Gasteiger partial charge >= 0.3 is 0 Å². The number of aliphatic hydroxyl groups is 1. The van der Waals surface area contributed by atoms with Gasteiger partial charge in [-0.1, -0.05) is 13.8 Å². The molecule has 13 heavy (non-hydrogen) atoms. The van der Waals surface area contributed by atoms with Gasteiger partial charge in [-0.05, 0) is 12.3 Å². The normalized spacial score (nSPS) is 34.0. The first kappa shape index (κ1) is 10.7. The van der Waals surface area contributed by atoms with E-state index in [2.05, 4.69) is 13.8 Å². The zero-order valence-electron chi connectivity index (χ0n) is 8.27. The summed E-state index contributed by atoms with van der Waals surface area (Å²) in [5.41, 5.74) is 0. The van der Waals surface area contributed by atoms with Gasteiger partial charge in [0.25, 0.3) is 0 Å². The van der Waals surface area contributed by atoms with Crippen LogP contribution in [0.2, 0.25) is 0 Å². The molecular formula is C10H18O3. The van der Waals surface area contributed by atoms with Crippen molar-refractivity contribution >= 4 is 6.29 Å². The maximum Gasteiger partial charge on any atom is 0.120 e. The van der Waals surface area contributed by atoms with Gasteiger partial charge in [0, 0.05) is 12.3 Å². The van der Waals surface area contributed by atoms with E-state index in [1.54, 1.807) is 0 Å². The first-order valence-electron chi connectivity index (χ1n) is 4.90. The third kappa shape index (κ3) is 2.51. The Kier molecular flexibility index (Phi) is 3.88. The predicted octanol–water partition coefficient (Wildman–Crippen LogP) is 0.997. The molecule has 3 nitrogen and oxygen atoms in total. The molecule has 1 unspecified atom stereocenters. The lowest BCUT2D eigenvalue weighted by Gasteiger charge is -2.23. The average Bonchev–Trinajstić information content (AvgIpc) is 2.43. The van der Waals surface area contributed by atoms with Gasteiger partial charge in [0.2, 0.25) is 0 Å². The van der Waals surface area contributed by atoms with Crippen LogP contribution >= 0.6 is 0 Å². The Morgan fingerprint density at radius 1 is 1.62 bits per heavy atom. The molecule has 0 aromatic heterocycles. The van der Waals surface area contributed by atoms with Gasteiger partial charge in [0.15, 0.2) is 0 Å². The molecule has 1 fully saturated rings. The van der Waals surface area contributed by atoms with Crippen molar-refractivity contribution < 1.29 is 14.6 Å². The maximum atomic E-state index is 10.2. The molecule has 0 spiro atoms. The molecule has 0 saturated carbocycles. The Hall–Kier alpha value is -0.410. The summed E-state index contributed by atoms with van der Waals surface area (Å²) >= 11 is 0. The molecule has 1 N–H and O–H groups in total. The lowest BCUT2D eigenvalue weighted by atomic mass is 9.86. The molecule has 1 rings (SSSR count). The molecule has 0 aromatic rings. The Morgan fingerprint density at radius 3 is 2.85 bits per heavy atom. The van der Waals surface area contributed by atoms with Crippen LogP contribution in [0.3, 0.4) is 0 Å². The Balaban J connectivity index is 2.48. The molecule has 1 aliphatic heterocycles. The lowest BCUT2D eigenvalue weighted by Crippen LogP contribution is -2.28. The number of aldehydes is 1. The van der Waals surface area contributed by atoms with Crippen molar-refractivity contribution in [3.63, 3.8) is 0 Å². The summed E-state index contributed by atoms with van der Waals surface area (Å²) in [6.45, 7) is 4.58. The zero-order chi connectivity index (χ0) is 9.84. The Bertz CT molecular complexity index is 168. The lowest BCUT2D eigenvalue weighted by molar-refractivity contribution is -0.108. The van der Waals surface area contributed by atoms with Crippen LogP contribution in [0.4, 0.5) is 0 Å². The van der Waals surface area contributed by atoms with Crippen molar-refractivity contribution in [2.24, 2.45) is 11.8 Å². The minimum atomic E-state index is -0.350. The number of hydrogen-bond acceptors (Lipinski definition) is 3. The Morgan fingerprint density at radius 2 is 2.31 bits per heavy atom. The van der Waals surface area contributed by atoms with E-state index in [0.717, 1.165) is 12.7 Å². The van der Waals surface area contributed by atoms with E-state index < -0.39 is 0 Å². The van der Waals surface area contributed by atoms with Crippen LogP contribution in [0.1, 0.15) is 26.7 Å². The van der Waals surface area contributed by atoms with Gasteiger partial charge in [0.05, 0.1) is 18.8 Å². The second kappa shape index (κ2) is 4.72. The number of aliphatic hydroxyl groups excluding tert-OH is 1. The predicted molar refractivity (Wildman–Crippen MR) is 49.4 cm³/mol. The van der Waals surface area contributed by atoms with Gasteiger partial charge in [-0.3, -0.25) is 0 Å². The number of ether oxygens (including phenoxy) is 1. The summed E-state index contributed by atoms with van der Waals surface area (Å²) in [5, 5.41) is 9.62. The molecule has 3 heteroatoms. The fourth-order valence-electron chi connectivity index (χ4n) is 2.07. The van der Waals surface area contributed by atoms with E-state index in [0.29, 0.717) is 18.9 Å². The van der Waals surface area contributed by atoms with Crippen molar-refractivity contribution in [1.82, 2.24) is 0 Å². The van der Waals surface area contributed by atoms with Crippen molar-refractivity contribution in [3.8, 4) is 0 Å². The van der Waals surface area contributed by atoms with Crippen LogP contribution in [-0.4, -0.2) is 30.2 Å².